The number of hydrogen-bond donors (Lipinski definition) is 1. The van der Waals surface area contributed by atoms with Crippen LogP contribution in [0.5, 0.6) is 0 Å². The first-order valence-electron chi connectivity index (χ1n) is 5.10. The third kappa shape index (κ3) is 4.27. The standard InChI is InChI=1S/C8H15NO2.C2H6/c1-7(11)9-4-2-8(6-10)3-5-9;1-2/h8,10H,2-6H2,1H3;1-2H3. The van der Waals surface area contributed by atoms with Crippen LogP contribution in [-0.2, 0) is 4.79 Å². The average molecular weight is 187 g/mol. The summed E-state index contributed by atoms with van der Waals surface area (Å²) in [6.07, 6.45) is 1.91. The van der Waals surface area contributed by atoms with E-state index in [4.69, 9.17) is 5.11 Å². The molecule has 0 aromatic carbocycles. The summed E-state index contributed by atoms with van der Waals surface area (Å²) in [6, 6.07) is 0. The highest BCUT2D eigenvalue weighted by molar-refractivity contribution is 5.73. The van der Waals surface area contributed by atoms with Crippen LogP contribution < -0.4 is 0 Å². The summed E-state index contributed by atoms with van der Waals surface area (Å²) < 4.78 is 0. The van der Waals surface area contributed by atoms with Gasteiger partial charge in [0.05, 0.1) is 0 Å². The van der Waals surface area contributed by atoms with Gasteiger partial charge in [0.1, 0.15) is 0 Å². The van der Waals surface area contributed by atoms with E-state index in [1.807, 2.05) is 18.7 Å². The molecule has 0 aromatic rings. The lowest BCUT2D eigenvalue weighted by atomic mass is 9.98. The predicted molar refractivity (Wildman–Crippen MR) is 53.4 cm³/mol. The maximum atomic E-state index is 10.9. The minimum absolute atomic E-state index is 0.154. The van der Waals surface area contributed by atoms with Gasteiger partial charge in [-0.2, -0.15) is 0 Å². The minimum Gasteiger partial charge on any atom is -0.396 e. The molecule has 3 heteroatoms. The smallest absolute Gasteiger partial charge is 0.219 e. The van der Waals surface area contributed by atoms with Gasteiger partial charge in [-0.15, -0.1) is 0 Å². The van der Waals surface area contributed by atoms with Crippen molar-refractivity contribution in [1.82, 2.24) is 4.90 Å². The van der Waals surface area contributed by atoms with Gasteiger partial charge in [0, 0.05) is 26.6 Å². The highest BCUT2D eigenvalue weighted by Gasteiger charge is 2.19. The first-order valence-corrected chi connectivity index (χ1v) is 5.10. The van der Waals surface area contributed by atoms with Crippen LogP contribution in [0.25, 0.3) is 0 Å². The molecule has 1 saturated heterocycles. The highest BCUT2D eigenvalue weighted by atomic mass is 16.3. The zero-order valence-electron chi connectivity index (χ0n) is 8.92. The molecule has 1 aliphatic heterocycles. The molecular formula is C10H21NO2. The molecule has 0 spiro atoms. The number of aliphatic hydroxyl groups excluding tert-OH is 1. The Morgan fingerprint density at radius 3 is 2.15 bits per heavy atom. The molecule has 0 atom stereocenters. The number of amides is 1. The number of piperidine rings is 1. The van der Waals surface area contributed by atoms with Crippen LogP contribution >= 0.6 is 0 Å². The van der Waals surface area contributed by atoms with Crippen molar-refractivity contribution in [2.24, 2.45) is 5.92 Å². The van der Waals surface area contributed by atoms with Crippen molar-refractivity contribution in [2.45, 2.75) is 33.6 Å². The van der Waals surface area contributed by atoms with Crippen molar-refractivity contribution >= 4 is 5.91 Å². The molecule has 0 unspecified atom stereocenters. The maximum absolute atomic E-state index is 10.9. The van der Waals surface area contributed by atoms with Gasteiger partial charge < -0.3 is 10.0 Å². The fourth-order valence-corrected chi connectivity index (χ4v) is 1.43. The summed E-state index contributed by atoms with van der Waals surface area (Å²) >= 11 is 0. The number of aliphatic hydroxyl groups is 1. The van der Waals surface area contributed by atoms with Crippen LogP contribution in [0.1, 0.15) is 33.6 Å². The van der Waals surface area contributed by atoms with Crippen LogP contribution in [-0.4, -0.2) is 35.6 Å². The molecular weight excluding hydrogens is 166 g/mol. The van der Waals surface area contributed by atoms with Crippen LogP contribution in [0.15, 0.2) is 0 Å². The van der Waals surface area contributed by atoms with E-state index in [9.17, 15) is 4.79 Å². The fraction of sp³-hybridized carbons (Fsp3) is 0.900. The second kappa shape index (κ2) is 6.89. The molecule has 0 radical (unpaired) electrons. The van der Waals surface area contributed by atoms with E-state index in [0.717, 1.165) is 25.9 Å². The third-order valence-corrected chi connectivity index (χ3v) is 2.32. The van der Waals surface area contributed by atoms with Gasteiger partial charge in [-0.3, -0.25) is 4.79 Å². The van der Waals surface area contributed by atoms with Gasteiger partial charge in [0.15, 0.2) is 0 Å². The molecule has 3 nitrogen and oxygen atoms in total. The van der Waals surface area contributed by atoms with Crippen molar-refractivity contribution in [3.8, 4) is 0 Å². The van der Waals surface area contributed by atoms with Gasteiger partial charge in [-0.1, -0.05) is 13.8 Å². The Hall–Kier alpha value is -0.570. The van der Waals surface area contributed by atoms with E-state index in [1.165, 1.54) is 0 Å². The summed E-state index contributed by atoms with van der Waals surface area (Å²) in [4.78, 5) is 12.7. The van der Waals surface area contributed by atoms with Crippen molar-refractivity contribution in [3.63, 3.8) is 0 Å². The Labute approximate surface area is 80.7 Å². The number of likely N-dealkylation sites (tertiary alicyclic amines) is 1. The van der Waals surface area contributed by atoms with Gasteiger partial charge in [0.2, 0.25) is 5.91 Å². The number of hydrogen-bond acceptors (Lipinski definition) is 2. The summed E-state index contributed by atoms with van der Waals surface area (Å²) in [5.41, 5.74) is 0. The first-order chi connectivity index (χ1) is 6.24. The van der Waals surface area contributed by atoms with Gasteiger partial charge in [-0.25, -0.2) is 0 Å². The zero-order chi connectivity index (χ0) is 10.3. The number of nitrogens with zero attached hydrogens (tertiary/aromatic N) is 1. The lowest BCUT2D eigenvalue weighted by Crippen LogP contribution is -2.37. The average Bonchev–Trinajstić information content (AvgIpc) is 2.21. The van der Waals surface area contributed by atoms with Crippen LogP contribution in [0.2, 0.25) is 0 Å². The normalized spacial score (nSPS) is 17.7. The van der Waals surface area contributed by atoms with Crippen molar-refractivity contribution in [2.75, 3.05) is 19.7 Å². The zero-order valence-corrected chi connectivity index (χ0v) is 8.92. The van der Waals surface area contributed by atoms with E-state index >= 15 is 0 Å². The summed E-state index contributed by atoms with van der Waals surface area (Å²) in [5, 5.41) is 8.81. The molecule has 1 N–H and O–H groups in total. The summed E-state index contributed by atoms with van der Waals surface area (Å²) in [6.45, 7) is 7.51. The SMILES string of the molecule is CC.CC(=O)N1CCC(CO)CC1. The van der Waals surface area contributed by atoms with Crippen LogP contribution in [0.4, 0.5) is 0 Å². The molecule has 1 fully saturated rings. The van der Waals surface area contributed by atoms with Crippen LogP contribution in [0, 0.1) is 5.92 Å². The molecule has 0 saturated carbocycles. The largest absolute Gasteiger partial charge is 0.396 e. The third-order valence-electron chi connectivity index (χ3n) is 2.32. The molecule has 1 heterocycles. The Bertz CT molecular complexity index is 140. The monoisotopic (exact) mass is 187 g/mol. The van der Waals surface area contributed by atoms with E-state index in [1.54, 1.807) is 6.92 Å². The Kier molecular flexibility index (Phi) is 6.59. The van der Waals surface area contributed by atoms with Crippen molar-refractivity contribution in [3.05, 3.63) is 0 Å². The second-order valence-corrected chi connectivity index (χ2v) is 3.13. The Morgan fingerprint density at radius 1 is 1.38 bits per heavy atom. The van der Waals surface area contributed by atoms with E-state index in [0.29, 0.717) is 5.92 Å². The van der Waals surface area contributed by atoms with E-state index in [-0.39, 0.29) is 12.5 Å². The molecule has 1 aliphatic rings. The molecule has 78 valence electrons. The van der Waals surface area contributed by atoms with Crippen LogP contribution in [0.3, 0.4) is 0 Å². The molecule has 1 amide bonds. The Morgan fingerprint density at radius 2 is 1.85 bits per heavy atom. The van der Waals surface area contributed by atoms with E-state index < -0.39 is 0 Å². The molecule has 0 aromatic heterocycles. The minimum atomic E-state index is 0.154. The Balaban J connectivity index is 0.000000671. The predicted octanol–water partition coefficient (Wildman–Crippen LogP) is 1.26. The van der Waals surface area contributed by atoms with Crippen molar-refractivity contribution in [1.29, 1.82) is 0 Å². The fourth-order valence-electron chi connectivity index (χ4n) is 1.43. The van der Waals surface area contributed by atoms with Crippen molar-refractivity contribution < 1.29 is 9.90 Å². The topological polar surface area (TPSA) is 40.5 Å². The second-order valence-electron chi connectivity index (χ2n) is 3.13. The molecule has 0 bridgehead atoms. The first kappa shape index (κ1) is 12.4. The van der Waals surface area contributed by atoms with E-state index in [2.05, 4.69) is 0 Å². The highest BCUT2D eigenvalue weighted by Crippen LogP contribution is 2.15. The van der Waals surface area contributed by atoms with Gasteiger partial charge in [-0.05, 0) is 18.8 Å². The number of rotatable bonds is 1. The molecule has 1 rings (SSSR count). The summed E-state index contributed by atoms with van der Waals surface area (Å²) in [5.74, 6) is 0.576. The number of carbonyl (C=O) groups excluding carboxylic acids is 1. The number of carbonyl (C=O) groups is 1. The molecule has 13 heavy (non-hydrogen) atoms. The lowest BCUT2D eigenvalue weighted by molar-refractivity contribution is -0.130. The lowest BCUT2D eigenvalue weighted by Gasteiger charge is -2.30. The quantitative estimate of drug-likeness (QED) is 0.671. The summed E-state index contributed by atoms with van der Waals surface area (Å²) in [7, 11) is 0. The van der Waals surface area contributed by atoms with Gasteiger partial charge >= 0.3 is 0 Å². The maximum Gasteiger partial charge on any atom is 0.219 e. The molecule has 0 aliphatic carbocycles. The van der Waals surface area contributed by atoms with Gasteiger partial charge in [0.25, 0.3) is 0 Å².